The van der Waals surface area contributed by atoms with Crippen LogP contribution in [0.4, 0.5) is 0 Å². The van der Waals surface area contributed by atoms with E-state index in [0.29, 0.717) is 12.3 Å². The fraction of sp³-hybridized carbons (Fsp3) is 0.227. The van der Waals surface area contributed by atoms with Crippen molar-refractivity contribution in [3.05, 3.63) is 72.3 Å². The maximum atomic E-state index is 11.9. The van der Waals surface area contributed by atoms with Crippen LogP contribution in [0.25, 0.3) is 10.8 Å². The Hall–Kier alpha value is -3.01. The van der Waals surface area contributed by atoms with Gasteiger partial charge in [0.05, 0.1) is 7.11 Å². The Bertz CT molecular complexity index is 876. The van der Waals surface area contributed by atoms with Crippen LogP contribution in [0.1, 0.15) is 12.0 Å². The van der Waals surface area contributed by atoms with Crippen molar-refractivity contribution in [1.82, 2.24) is 5.32 Å². The lowest BCUT2D eigenvalue weighted by Crippen LogP contribution is -2.29. The molecule has 3 rings (SSSR count). The molecule has 0 aliphatic rings. The van der Waals surface area contributed by atoms with E-state index in [9.17, 15) is 4.79 Å². The highest BCUT2D eigenvalue weighted by molar-refractivity contribution is 5.84. The largest absolute Gasteiger partial charge is 0.497 e. The number of methoxy groups -OCH3 is 1. The SMILES string of the molecule is COc1cccc(CCCNC(=O)COc2ccc3ccccc3c2)c1. The first-order chi connectivity index (χ1) is 12.7. The summed E-state index contributed by atoms with van der Waals surface area (Å²) in [6, 6.07) is 21.9. The summed E-state index contributed by atoms with van der Waals surface area (Å²) in [6.07, 6.45) is 1.76. The van der Waals surface area contributed by atoms with E-state index in [1.807, 2.05) is 60.7 Å². The van der Waals surface area contributed by atoms with Crippen LogP contribution in [0, 0.1) is 0 Å². The van der Waals surface area contributed by atoms with E-state index < -0.39 is 0 Å². The summed E-state index contributed by atoms with van der Waals surface area (Å²) in [5.41, 5.74) is 1.20. The van der Waals surface area contributed by atoms with E-state index >= 15 is 0 Å². The summed E-state index contributed by atoms with van der Waals surface area (Å²) in [6.45, 7) is 0.647. The predicted molar refractivity (Wildman–Crippen MR) is 104 cm³/mol. The molecule has 0 fully saturated rings. The Morgan fingerprint density at radius 1 is 0.923 bits per heavy atom. The molecule has 3 aromatic carbocycles. The number of nitrogens with one attached hydrogen (secondary N) is 1. The molecule has 1 N–H and O–H groups in total. The van der Waals surface area contributed by atoms with Crippen molar-refractivity contribution in [2.45, 2.75) is 12.8 Å². The maximum Gasteiger partial charge on any atom is 0.257 e. The molecule has 1 amide bonds. The minimum Gasteiger partial charge on any atom is -0.497 e. The maximum absolute atomic E-state index is 11.9. The third-order valence-electron chi connectivity index (χ3n) is 4.19. The Morgan fingerprint density at radius 2 is 1.77 bits per heavy atom. The van der Waals surface area contributed by atoms with Crippen molar-refractivity contribution in [1.29, 1.82) is 0 Å². The number of ether oxygens (including phenoxy) is 2. The van der Waals surface area contributed by atoms with Gasteiger partial charge in [-0.1, -0.05) is 42.5 Å². The zero-order chi connectivity index (χ0) is 18.2. The van der Waals surface area contributed by atoms with Crippen LogP contribution in [-0.4, -0.2) is 26.2 Å². The molecular weight excluding hydrogens is 326 g/mol. The van der Waals surface area contributed by atoms with Gasteiger partial charge in [0.2, 0.25) is 0 Å². The van der Waals surface area contributed by atoms with E-state index in [1.54, 1.807) is 7.11 Å². The number of benzene rings is 3. The van der Waals surface area contributed by atoms with Gasteiger partial charge >= 0.3 is 0 Å². The van der Waals surface area contributed by atoms with Gasteiger partial charge in [-0.15, -0.1) is 0 Å². The molecule has 0 saturated heterocycles. The van der Waals surface area contributed by atoms with Gasteiger partial charge in [0.25, 0.3) is 5.91 Å². The van der Waals surface area contributed by atoms with Crippen molar-refractivity contribution in [3.8, 4) is 11.5 Å². The average molecular weight is 349 g/mol. The summed E-state index contributed by atoms with van der Waals surface area (Å²) in [4.78, 5) is 11.9. The van der Waals surface area contributed by atoms with Gasteiger partial charge in [0.15, 0.2) is 6.61 Å². The summed E-state index contributed by atoms with van der Waals surface area (Å²) in [5, 5.41) is 5.15. The highest BCUT2D eigenvalue weighted by Gasteiger charge is 2.04. The summed E-state index contributed by atoms with van der Waals surface area (Å²) in [5.74, 6) is 1.45. The molecule has 0 radical (unpaired) electrons. The second-order valence-corrected chi connectivity index (χ2v) is 6.10. The normalized spacial score (nSPS) is 10.5. The van der Waals surface area contributed by atoms with Gasteiger partial charge in [-0.25, -0.2) is 0 Å². The standard InChI is InChI=1S/C22H23NO3/c1-25-20-10-4-6-17(14-20)7-5-13-23-22(24)16-26-21-12-11-18-8-2-3-9-19(18)15-21/h2-4,6,8-12,14-15H,5,7,13,16H2,1H3,(H,23,24). The first-order valence-electron chi connectivity index (χ1n) is 8.76. The Labute approximate surface area is 153 Å². The molecule has 0 atom stereocenters. The number of carbonyl (C=O) groups excluding carboxylic acids is 1. The van der Waals surface area contributed by atoms with Gasteiger partial charge in [0, 0.05) is 6.54 Å². The number of carbonyl (C=O) groups is 1. The molecule has 0 aliphatic carbocycles. The number of hydrogen-bond donors (Lipinski definition) is 1. The highest BCUT2D eigenvalue weighted by Crippen LogP contribution is 2.20. The van der Waals surface area contributed by atoms with Gasteiger partial charge in [-0.05, 0) is 53.4 Å². The number of hydrogen-bond acceptors (Lipinski definition) is 3. The van der Waals surface area contributed by atoms with Gasteiger partial charge in [0.1, 0.15) is 11.5 Å². The molecule has 0 heterocycles. The zero-order valence-corrected chi connectivity index (χ0v) is 14.9. The number of fused-ring (bicyclic) bond motifs is 1. The van der Waals surface area contributed by atoms with Crippen LogP contribution in [0.3, 0.4) is 0 Å². The van der Waals surface area contributed by atoms with Crippen molar-refractivity contribution in [3.63, 3.8) is 0 Å². The van der Waals surface area contributed by atoms with Crippen molar-refractivity contribution < 1.29 is 14.3 Å². The fourth-order valence-electron chi connectivity index (χ4n) is 2.81. The van der Waals surface area contributed by atoms with Gasteiger partial charge in [-0.3, -0.25) is 4.79 Å². The smallest absolute Gasteiger partial charge is 0.257 e. The number of amides is 1. The van der Waals surface area contributed by atoms with Crippen molar-refractivity contribution in [2.24, 2.45) is 0 Å². The predicted octanol–water partition coefficient (Wildman–Crippen LogP) is 3.98. The first-order valence-corrected chi connectivity index (χ1v) is 8.76. The molecule has 3 aromatic rings. The van der Waals surface area contributed by atoms with E-state index in [4.69, 9.17) is 9.47 Å². The van der Waals surface area contributed by atoms with Crippen LogP contribution in [0.5, 0.6) is 11.5 Å². The summed E-state index contributed by atoms with van der Waals surface area (Å²) in [7, 11) is 1.66. The lowest BCUT2D eigenvalue weighted by Gasteiger charge is -2.09. The van der Waals surface area contributed by atoms with Crippen LogP contribution in [-0.2, 0) is 11.2 Å². The van der Waals surface area contributed by atoms with Crippen LogP contribution < -0.4 is 14.8 Å². The molecule has 0 aliphatic heterocycles. The second kappa shape index (κ2) is 8.90. The molecule has 4 nitrogen and oxygen atoms in total. The number of rotatable bonds is 8. The second-order valence-electron chi connectivity index (χ2n) is 6.10. The Kier molecular flexibility index (Phi) is 6.09. The van der Waals surface area contributed by atoms with E-state index in [1.165, 1.54) is 5.56 Å². The lowest BCUT2D eigenvalue weighted by molar-refractivity contribution is -0.123. The Morgan fingerprint density at radius 3 is 2.62 bits per heavy atom. The van der Waals surface area contributed by atoms with Gasteiger partial charge in [-0.2, -0.15) is 0 Å². The minimum atomic E-state index is -0.108. The quantitative estimate of drug-likeness (QED) is 0.626. The van der Waals surface area contributed by atoms with Crippen molar-refractivity contribution >= 4 is 16.7 Å². The van der Waals surface area contributed by atoms with E-state index in [-0.39, 0.29) is 12.5 Å². The molecule has 26 heavy (non-hydrogen) atoms. The fourth-order valence-corrected chi connectivity index (χ4v) is 2.81. The molecule has 4 heteroatoms. The minimum absolute atomic E-state index is 0.0253. The first kappa shape index (κ1) is 17.8. The number of aryl methyl sites for hydroxylation is 1. The van der Waals surface area contributed by atoms with E-state index in [2.05, 4.69) is 11.4 Å². The van der Waals surface area contributed by atoms with Crippen LogP contribution in [0.15, 0.2) is 66.7 Å². The third kappa shape index (κ3) is 4.99. The Balaban J connectivity index is 1.39. The topological polar surface area (TPSA) is 47.6 Å². The summed E-state index contributed by atoms with van der Waals surface area (Å²) >= 11 is 0. The van der Waals surface area contributed by atoms with Crippen molar-refractivity contribution in [2.75, 3.05) is 20.3 Å². The molecule has 0 bridgehead atoms. The highest BCUT2D eigenvalue weighted by atomic mass is 16.5. The third-order valence-corrected chi connectivity index (χ3v) is 4.19. The van der Waals surface area contributed by atoms with Crippen LogP contribution in [0.2, 0.25) is 0 Å². The monoisotopic (exact) mass is 349 g/mol. The average Bonchev–Trinajstić information content (AvgIpc) is 2.69. The van der Waals surface area contributed by atoms with Gasteiger partial charge < -0.3 is 14.8 Å². The van der Waals surface area contributed by atoms with Crippen LogP contribution >= 0.6 is 0 Å². The van der Waals surface area contributed by atoms with E-state index in [0.717, 1.165) is 29.4 Å². The molecule has 0 saturated carbocycles. The molecule has 134 valence electrons. The molecular formula is C22H23NO3. The molecule has 0 unspecified atom stereocenters. The molecule has 0 spiro atoms. The molecule has 0 aromatic heterocycles. The lowest BCUT2D eigenvalue weighted by atomic mass is 10.1. The summed E-state index contributed by atoms with van der Waals surface area (Å²) < 4.78 is 10.8. The zero-order valence-electron chi connectivity index (χ0n) is 14.9.